The number of carbonyl (C=O) groups is 2. The van der Waals surface area contributed by atoms with Crippen LogP contribution in [0.5, 0.6) is 0 Å². The van der Waals surface area contributed by atoms with Gasteiger partial charge < -0.3 is 10.2 Å². The highest BCUT2D eigenvalue weighted by molar-refractivity contribution is 6.03. The lowest BCUT2D eigenvalue weighted by molar-refractivity contribution is -0.122. The molecule has 0 spiro atoms. The van der Waals surface area contributed by atoms with E-state index in [4.69, 9.17) is 0 Å². The van der Waals surface area contributed by atoms with Crippen molar-refractivity contribution in [3.8, 4) is 0 Å². The van der Waals surface area contributed by atoms with Crippen LogP contribution < -0.4 is 10.2 Å². The first-order valence-corrected chi connectivity index (χ1v) is 9.03. The van der Waals surface area contributed by atoms with Gasteiger partial charge in [0.25, 0.3) is 0 Å². The SMILES string of the molecule is O=C(Nc1ccnn1C1CCCC1)[C@H]1CC(=O)N(c2ccccc2F)C1. The normalized spacial score (nSPS) is 20.7. The molecule has 0 radical (unpaired) electrons. The maximum atomic E-state index is 14.0. The molecular weight excluding hydrogens is 335 g/mol. The summed E-state index contributed by atoms with van der Waals surface area (Å²) in [5.74, 6) is -0.759. The Morgan fingerprint density at radius 1 is 1.19 bits per heavy atom. The van der Waals surface area contributed by atoms with Crippen molar-refractivity contribution >= 4 is 23.3 Å². The first-order chi connectivity index (χ1) is 12.6. The number of hydrogen-bond acceptors (Lipinski definition) is 3. The summed E-state index contributed by atoms with van der Waals surface area (Å²) in [6.45, 7) is 0.184. The van der Waals surface area contributed by atoms with Gasteiger partial charge in [-0.3, -0.25) is 9.59 Å². The number of benzene rings is 1. The Balaban J connectivity index is 1.46. The Kier molecular flexibility index (Phi) is 4.44. The van der Waals surface area contributed by atoms with Crippen LogP contribution in [0.1, 0.15) is 38.1 Å². The number of hydrogen-bond donors (Lipinski definition) is 1. The predicted molar refractivity (Wildman–Crippen MR) is 95.2 cm³/mol. The molecule has 1 saturated carbocycles. The third-order valence-electron chi connectivity index (χ3n) is 5.23. The molecule has 1 aromatic carbocycles. The molecule has 1 saturated heterocycles. The molecule has 1 aliphatic heterocycles. The second-order valence-electron chi connectivity index (χ2n) is 6.95. The fraction of sp³-hybridized carbons (Fsp3) is 0.421. The number of amides is 2. The molecule has 1 aromatic heterocycles. The summed E-state index contributed by atoms with van der Waals surface area (Å²) in [6, 6.07) is 8.23. The first-order valence-electron chi connectivity index (χ1n) is 9.03. The topological polar surface area (TPSA) is 67.2 Å². The van der Waals surface area contributed by atoms with Gasteiger partial charge in [-0.15, -0.1) is 0 Å². The van der Waals surface area contributed by atoms with Gasteiger partial charge >= 0.3 is 0 Å². The van der Waals surface area contributed by atoms with Crippen LogP contribution in [0.25, 0.3) is 0 Å². The third kappa shape index (κ3) is 3.09. The molecule has 2 aromatic rings. The molecule has 2 heterocycles. The zero-order valence-corrected chi connectivity index (χ0v) is 14.4. The van der Waals surface area contributed by atoms with E-state index in [1.165, 1.54) is 23.8 Å². The van der Waals surface area contributed by atoms with Crippen LogP contribution in [-0.4, -0.2) is 28.1 Å². The minimum atomic E-state index is -0.506. The van der Waals surface area contributed by atoms with Crippen molar-refractivity contribution in [3.63, 3.8) is 0 Å². The Bertz CT molecular complexity index is 828. The lowest BCUT2D eigenvalue weighted by Crippen LogP contribution is -2.29. The quantitative estimate of drug-likeness (QED) is 0.915. The smallest absolute Gasteiger partial charge is 0.230 e. The molecule has 2 aliphatic rings. The fourth-order valence-electron chi connectivity index (χ4n) is 3.87. The van der Waals surface area contributed by atoms with Crippen LogP contribution in [0.4, 0.5) is 15.9 Å². The van der Waals surface area contributed by atoms with E-state index >= 15 is 0 Å². The number of nitrogens with one attached hydrogen (secondary N) is 1. The van der Waals surface area contributed by atoms with E-state index in [0.29, 0.717) is 11.9 Å². The van der Waals surface area contributed by atoms with E-state index in [2.05, 4.69) is 10.4 Å². The highest BCUT2D eigenvalue weighted by atomic mass is 19.1. The van der Waals surface area contributed by atoms with E-state index in [0.717, 1.165) is 12.8 Å². The molecule has 0 bridgehead atoms. The van der Waals surface area contributed by atoms with Gasteiger partial charge in [-0.1, -0.05) is 25.0 Å². The van der Waals surface area contributed by atoms with E-state index in [1.54, 1.807) is 30.5 Å². The van der Waals surface area contributed by atoms with Crippen LogP contribution in [0.2, 0.25) is 0 Å². The fourth-order valence-corrected chi connectivity index (χ4v) is 3.87. The maximum Gasteiger partial charge on any atom is 0.230 e. The number of halogens is 1. The van der Waals surface area contributed by atoms with Crippen LogP contribution in [0, 0.1) is 11.7 Å². The van der Waals surface area contributed by atoms with Crippen molar-refractivity contribution < 1.29 is 14.0 Å². The number of carbonyl (C=O) groups excluding carboxylic acids is 2. The molecule has 1 N–H and O–H groups in total. The molecule has 1 aliphatic carbocycles. The van der Waals surface area contributed by atoms with Crippen LogP contribution >= 0.6 is 0 Å². The van der Waals surface area contributed by atoms with Gasteiger partial charge in [-0.2, -0.15) is 5.10 Å². The molecule has 0 unspecified atom stereocenters. The molecule has 2 amide bonds. The largest absolute Gasteiger partial charge is 0.311 e. The van der Waals surface area contributed by atoms with Crippen LogP contribution in [0.15, 0.2) is 36.5 Å². The molecular formula is C19H21FN4O2. The van der Waals surface area contributed by atoms with Gasteiger partial charge in [0.2, 0.25) is 11.8 Å². The van der Waals surface area contributed by atoms with Crippen LogP contribution in [0.3, 0.4) is 0 Å². The van der Waals surface area contributed by atoms with E-state index in [9.17, 15) is 14.0 Å². The van der Waals surface area contributed by atoms with Crippen molar-refractivity contribution in [1.82, 2.24) is 9.78 Å². The van der Waals surface area contributed by atoms with Crippen molar-refractivity contribution in [2.45, 2.75) is 38.1 Å². The zero-order chi connectivity index (χ0) is 18.1. The van der Waals surface area contributed by atoms with Gasteiger partial charge in [0.15, 0.2) is 0 Å². The number of para-hydroxylation sites is 1. The third-order valence-corrected chi connectivity index (χ3v) is 5.23. The Labute approximate surface area is 151 Å². The van der Waals surface area contributed by atoms with Gasteiger partial charge in [-0.05, 0) is 25.0 Å². The molecule has 2 fully saturated rings. The summed E-state index contributed by atoms with van der Waals surface area (Å²) in [4.78, 5) is 26.3. The van der Waals surface area contributed by atoms with Crippen molar-refractivity contribution in [2.24, 2.45) is 5.92 Å². The summed E-state index contributed by atoms with van der Waals surface area (Å²) in [7, 11) is 0. The second kappa shape index (κ2) is 6.90. The number of nitrogens with zero attached hydrogens (tertiary/aromatic N) is 3. The van der Waals surface area contributed by atoms with Crippen LogP contribution in [-0.2, 0) is 9.59 Å². The second-order valence-corrected chi connectivity index (χ2v) is 6.95. The maximum absolute atomic E-state index is 14.0. The predicted octanol–water partition coefficient (Wildman–Crippen LogP) is 3.13. The first kappa shape index (κ1) is 16.8. The minimum absolute atomic E-state index is 0.0811. The van der Waals surface area contributed by atoms with E-state index in [1.807, 2.05) is 4.68 Å². The number of aromatic nitrogens is 2. The summed E-state index contributed by atoms with van der Waals surface area (Å²) >= 11 is 0. The van der Waals surface area contributed by atoms with Gasteiger partial charge in [0.05, 0.1) is 23.8 Å². The average molecular weight is 356 g/mol. The summed E-state index contributed by atoms with van der Waals surface area (Å²) in [6.07, 6.45) is 6.23. The van der Waals surface area contributed by atoms with Gasteiger partial charge in [-0.25, -0.2) is 9.07 Å². The van der Waals surface area contributed by atoms with Crippen molar-refractivity contribution in [3.05, 3.63) is 42.3 Å². The molecule has 7 heteroatoms. The molecule has 1 atom stereocenters. The standard InChI is InChI=1S/C19H21FN4O2/c20-15-7-3-4-8-16(15)23-12-13(11-18(23)25)19(26)22-17-9-10-21-24(17)14-5-1-2-6-14/h3-4,7-10,13-14H,1-2,5-6,11-12H2,(H,22,26)/t13-/m0/s1. The Morgan fingerprint density at radius 3 is 2.73 bits per heavy atom. The highest BCUT2D eigenvalue weighted by Crippen LogP contribution is 2.32. The molecule has 4 rings (SSSR count). The molecule has 6 nitrogen and oxygen atoms in total. The van der Waals surface area contributed by atoms with E-state index in [-0.39, 0.29) is 30.5 Å². The van der Waals surface area contributed by atoms with Crippen molar-refractivity contribution in [1.29, 1.82) is 0 Å². The summed E-state index contributed by atoms with van der Waals surface area (Å²) in [5, 5.41) is 7.25. The number of rotatable bonds is 4. The van der Waals surface area contributed by atoms with Gasteiger partial charge in [0, 0.05) is 19.0 Å². The molecule has 136 valence electrons. The Morgan fingerprint density at radius 2 is 1.96 bits per heavy atom. The lowest BCUT2D eigenvalue weighted by atomic mass is 10.1. The summed E-state index contributed by atoms with van der Waals surface area (Å²) < 4.78 is 15.8. The zero-order valence-electron chi connectivity index (χ0n) is 14.4. The van der Waals surface area contributed by atoms with E-state index < -0.39 is 11.7 Å². The Hall–Kier alpha value is -2.70. The highest BCUT2D eigenvalue weighted by Gasteiger charge is 2.36. The summed E-state index contributed by atoms with van der Waals surface area (Å²) in [5.41, 5.74) is 0.226. The average Bonchev–Trinajstić information content (AvgIpc) is 3.35. The minimum Gasteiger partial charge on any atom is -0.311 e. The lowest BCUT2D eigenvalue weighted by Gasteiger charge is -2.18. The van der Waals surface area contributed by atoms with Crippen molar-refractivity contribution in [2.75, 3.05) is 16.8 Å². The molecule has 26 heavy (non-hydrogen) atoms. The number of anilines is 2. The monoisotopic (exact) mass is 356 g/mol. The van der Waals surface area contributed by atoms with Gasteiger partial charge in [0.1, 0.15) is 11.6 Å².